The van der Waals surface area contributed by atoms with Crippen molar-refractivity contribution in [3.8, 4) is 0 Å². The van der Waals surface area contributed by atoms with E-state index in [-0.39, 0.29) is 17.1 Å². The Balaban J connectivity index is 0.000000256. The smallest absolute Gasteiger partial charge is 0.0622 e. The molecule has 0 amide bonds. The maximum atomic E-state index is 2.24. The van der Waals surface area contributed by atoms with Crippen LogP contribution in [0.25, 0.3) is 0 Å². The van der Waals surface area contributed by atoms with Crippen molar-refractivity contribution in [2.75, 3.05) is 0 Å². The number of benzene rings is 1. The molecule has 2 fully saturated rings. The Kier molecular flexibility index (Phi) is 8.50. The van der Waals surface area contributed by atoms with Crippen LogP contribution >= 0.6 is 0 Å². The maximum Gasteiger partial charge on any atom is 2.00 e. The van der Waals surface area contributed by atoms with Gasteiger partial charge in [-0.15, -0.1) is 0 Å². The molecule has 0 saturated heterocycles. The summed E-state index contributed by atoms with van der Waals surface area (Å²) >= 11 is 0. The van der Waals surface area contributed by atoms with Crippen molar-refractivity contribution in [3.63, 3.8) is 0 Å². The second kappa shape index (κ2) is 9.61. The maximum absolute atomic E-state index is 2.24. The molecular formula is C18H18Fe+2. The summed E-state index contributed by atoms with van der Waals surface area (Å²) in [6.07, 6.45) is 18.5. The van der Waals surface area contributed by atoms with Crippen LogP contribution < -0.4 is 0 Å². The molecule has 0 aromatic heterocycles. The summed E-state index contributed by atoms with van der Waals surface area (Å²) in [6.45, 7) is 2.24. The van der Waals surface area contributed by atoms with Crippen molar-refractivity contribution in [1.82, 2.24) is 0 Å². The Morgan fingerprint density at radius 3 is 1.63 bits per heavy atom. The average molecular weight is 290 g/mol. The van der Waals surface area contributed by atoms with E-state index in [1.54, 1.807) is 0 Å². The van der Waals surface area contributed by atoms with E-state index in [2.05, 4.69) is 62.9 Å². The van der Waals surface area contributed by atoms with E-state index in [1.165, 1.54) is 11.5 Å². The van der Waals surface area contributed by atoms with Gasteiger partial charge in [-0.2, -0.15) is 0 Å². The first-order chi connectivity index (χ1) is 8.88. The number of hydrogen-bond acceptors (Lipinski definition) is 0. The van der Waals surface area contributed by atoms with Gasteiger partial charge in [0.2, 0.25) is 0 Å². The van der Waals surface area contributed by atoms with Crippen LogP contribution in [0.3, 0.4) is 0 Å². The van der Waals surface area contributed by atoms with Gasteiger partial charge in [-0.1, -0.05) is 37.3 Å². The third-order valence-corrected chi connectivity index (χ3v) is 3.04. The molecule has 0 bridgehead atoms. The third-order valence-electron chi connectivity index (χ3n) is 3.04. The van der Waals surface area contributed by atoms with Gasteiger partial charge in [0, 0.05) is 0 Å². The zero-order valence-electron chi connectivity index (χ0n) is 11.0. The summed E-state index contributed by atoms with van der Waals surface area (Å²) in [7, 11) is 0. The molecule has 0 nitrogen and oxygen atoms in total. The van der Waals surface area contributed by atoms with Crippen LogP contribution in [-0.2, 0) is 17.1 Å². The Morgan fingerprint density at radius 1 is 0.684 bits per heavy atom. The summed E-state index contributed by atoms with van der Waals surface area (Å²) in [6, 6.07) is 10.6. The van der Waals surface area contributed by atoms with Gasteiger partial charge in [0.25, 0.3) is 0 Å². The van der Waals surface area contributed by atoms with Crippen LogP contribution in [-0.4, -0.2) is 0 Å². The van der Waals surface area contributed by atoms with Crippen LogP contribution in [0.15, 0.2) is 30.3 Å². The van der Waals surface area contributed by atoms with Gasteiger partial charge in [0.1, 0.15) is 0 Å². The van der Waals surface area contributed by atoms with E-state index in [0.717, 1.165) is 0 Å². The fraction of sp³-hybridized carbons (Fsp3) is 0.111. The van der Waals surface area contributed by atoms with E-state index < -0.39 is 0 Å². The summed E-state index contributed by atoms with van der Waals surface area (Å²) in [5.74, 6) is 1.91. The first-order valence-corrected chi connectivity index (χ1v) is 6.31. The minimum absolute atomic E-state index is 0. The molecule has 0 spiro atoms. The van der Waals surface area contributed by atoms with Crippen LogP contribution in [0, 0.1) is 63.7 Å². The van der Waals surface area contributed by atoms with Gasteiger partial charge < -0.3 is 0 Å². The van der Waals surface area contributed by atoms with Crippen LogP contribution in [0.1, 0.15) is 18.4 Å². The van der Waals surface area contributed by atoms with E-state index in [0.29, 0.717) is 5.92 Å². The molecular weight excluding hydrogens is 272 g/mol. The van der Waals surface area contributed by atoms with E-state index in [4.69, 9.17) is 0 Å². The summed E-state index contributed by atoms with van der Waals surface area (Å²) in [5, 5.41) is 0. The normalized spacial score (nSPS) is 20.3. The van der Waals surface area contributed by atoms with Crippen molar-refractivity contribution in [3.05, 3.63) is 99.6 Å². The molecule has 19 heavy (non-hydrogen) atoms. The monoisotopic (exact) mass is 290 g/mol. The van der Waals surface area contributed by atoms with Crippen molar-refractivity contribution in [1.29, 1.82) is 0 Å². The predicted molar refractivity (Wildman–Crippen MR) is 76.8 cm³/mol. The first kappa shape index (κ1) is 16.8. The summed E-state index contributed by atoms with van der Waals surface area (Å²) in [5.41, 5.74) is 1.38. The predicted octanol–water partition coefficient (Wildman–Crippen LogP) is 4.21. The van der Waals surface area contributed by atoms with Gasteiger partial charge in [-0.05, 0) is 75.2 Å². The summed E-state index contributed by atoms with van der Waals surface area (Å²) in [4.78, 5) is 0. The van der Waals surface area contributed by atoms with Gasteiger partial charge in [-0.3, -0.25) is 0 Å². The molecule has 1 heteroatoms. The minimum atomic E-state index is 0. The Labute approximate surface area is 129 Å². The Hall–Kier alpha value is -0.261. The van der Waals surface area contributed by atoms with Crippen molar-refractivity contribution >= 4 is 0 Å². The average Bonchev–Trinajstić information content (AvgIpc) is 3.14. The van der Waals surface area contributed by atoms with Gasteiger partial charge >= 0.3 is 17.1 Å². The SMILES string of the molecule is CC([C]1[CH][CH][CH][CH]1)c1ccccc1.[CH]1[CH][CH][CH][CH]1.[Fe+2]. The molecule has 0 heterocycles. The van der Waals surface area contributed by atoms with Crippen LogP contribution in [0.4, 0.5) is 0 Å². The molecule has 2 saturated carbocycles. The second-order valence-corrected chi connectivity index (χ2v) is 4.31. The molecule has 1 aromatic carbocycles. The fourth-order valence-corrected chi connectivity index (χ4v) is 1.93. The topological polar surface area (TPSA) is 0 Å². The molecule has 1 aromatic rings. The molecule has 10 radical (unpaired) electrons. The first-order valence-electron chi connectivity index (χ1n) is 6.31. The van der Waals surface area contributed by atoms with Crippen molar-refractivity contribution < 1.29 is 17.1 Å². The van der Waals surface area contributed by atoms with Gasteiger partial charge in [-0.25, -0.2) is 0 Å². The molecule has 0 aliphatic heterocycles. The Bertz CT molecular complexity index is 302. The quantitative estimate of drug-likeness (QED) is 0.716. The second-order valence-electron chi connectivity index (χ2n) is 4.31. The molecule has 1 atom stereocenters. The minimum Gasteiger partial charge on any atom is -0.0622 e. The number of hydrogen-bond donors (Lipinski definition) is 0. The number of rotatable bonds is 2. The van der Waals surface area contributed by atoms with Gasteiger partial charge in [0.05, 0.1) is 0 Å². The molecule has 96 valence electrons. The zero-order valence-corrected chi connectivity index (χ0v) is 12.1. The zero-order chi connectivity index (χ0) is 12.6. The van der Waals surface area contributed by atoms with E-state index in [1.807, 2.05) is 32.1 Å². The van der Waals surface area contributed by atoms with E-state index >= 15 is 0 Å². The molecule has 1 unspecified atom stereocenters. The molecule has 3 rings (SSSR count). The van der Waals surface area contributed by atoms with E-state index in [9.17, 15) is 0 Å². The van der Waals surface area contributed by atoms with Crippen molar-refractivity contribution in [2.45, 2.75) is 12.8 Å². The van der Waals surface area contributed by atoms with Crippen molar-refractivity contribution in [2.24, 2.45) is 0 Å². The summed E-state index contributed by atoms with van der Waals surface area (Å²) < 4.78 is 0. The van der Waals surface area contributed by atoms with Gasteiger partial charge in [0.15, 0.2) is 0 Å². The third kappa shape index (κ3) is 5.71. The Morgan fingerprint density at radius 2 is 1.16 bits per heavy atom. The van der Waals surface area contributed by atoms with Crippen LogP contribution in [0.5, 0.6) is 0 Å². The standard InChI is InChI=1S/C13H13.C5H5.Fe/c1-11(13-9-5-6-10-13)12-7-3-2-4-8-12;1-2-4-5-3-1;/h2-11H,1H3;1-5H;/q;;+2. The molecule has 2 aliphatic rings. The van der Waals surface area contributed by atoms with Crippen LogP contribution in [0.2, 0.25) is 0 Å². The molecule has 0 N–H and O–H groups in total. The molecule has 2 aliphatic carbocycles. The fourth-order valence-electron chi connectivity index (χ4n) is 1.93. The largest absolute Gasteiger partial charge is 2.00 e.